The van der Waals surface area contributed by atoms with Gasteiger partial charge in [0.15, 0.2) is 0 Å². The summed E-state index contributed by atoms with van der Waals surface area (Å²) in [4.78, 5) is 23.2. The molecule has 1 heterocycles. The minimum absolute atomic E-state index is 0.181. The second-order valence-electron chi connectivity index (χ2n) is 5.10. The monoisotopic (exact) mass is 279 g/mol. The minimum Gasteiger partial charge on any atom is -0.366 e. The molecule has 0 spiro atoms. The molecule has 0 aromatic heterocycles. The lowest BCUT2D eigenvalue weighted by atomic mass is 9.92. The van der Waals surface area contributed by atoms with Gasteiger partial charge in [-0.2, -0.15) is 0 Å². The highest BCUT2D eigenvalue weighted by Crippen LogP contribution is 2.19. The van der Waals surface area contributed by atoms with Gasteiger partial charge in [-0.1, -0.05) is 6.92 Å². The van der Waals surface area contributed by atoms with Gasteiger partial charge in [0.05, 0.1) is 11.6 Å². The third-order valence-electron chi connectivity index (χ3n) is 3.55. The van der Waals surface area contributed by atoms with Crippen LogP contribution in [0, 0.1) is 11.7 Å². The van der Waals surface area contributed by atoms with E-state index in [2.05, 4.69) is 10.6 Å². The second-order valence-corrected chi connectivity index (χ2v) is 5.10. The topological polar surface area (TPSA) is 84.2 Å². The number of primary amides is 1. The number of hydrogen-bond donors (Lipinski definition) is 3. The first kappa shape index (κ1) is 14.5. The summed E-state index contributed by atoms with van der Waals surface area (Å²) in [5.74, 6) is -1.50. The van der Waals surface area contributed by atoms with Gasteiger partial charge in [-0.05, 0) is 43.5 Å². The lowest BCUT2D eigenvalue weighted by molar-refractivity contribution is -0.119. The van der Waals surface area contributed by atoms with E-state index in [1.807, 2.05) is 6.92 Å². The molecule has 1 aromatic rings. The summed E-state index contributed by atoms with van der Waals surface area (Å²) in [6.45, 7) is 2.81. The molecular weight excluding hydrogens is 261 g/mol. The molecule has 0 bridgehead atoms. The number of piperidine rings is 1. The van der Waals surface area contributed by atoms with Crippen LogP contribution in [0.3, 0.4) is 0 Å². The van der Waals surface area contributed by atoms with Gasteiger partial charge in [-0.3, -0.25) is 9.59 Å². The van der Waals surface area contributed by atoms with Crippen molar-refractivity contribution in [3.05, 3.63) is 29.6 Å². The van der Waals surface area contributed by atoms with Crippen molar-refractivity contribution in [1.82, 2.24) is 5.32 Å². The van der Waals surface area contributed by atoms with Gasteiger partial charge in [0, 0.05) is 5.69 Å². The highest BCUT2D eigenvalue weighted by Gasteiger charge is 2.27. The highest BCUT2D eigenvalue weighted by molar-refractivity contribution is 5.98. The number of hydrogen-bond acceptors (Lipinski definition) is 3. The van der Waals surface area contributed by atoms with Gasteiger partial charge in [-0.25, -0.2) is 4.39 Å². The number of rotatable bonds is 3. The maximum atomic E-state index is 13.3. The van der Waals surface area contributed by atoms with Crippen LogP contribution in [0.1, 0.15) is 30.1 Å². The molecule has 20 heavy (non-hydrogen) atoms. The maximum Gasteiger partial charge on any atom is 0.251 e. The Balaban J connectivity index is 2.11. The Morgan fingerprint density at radius 1 is 1.45 bits per heavy atom. The molecule has 1 aliphatic rings. The van der Waals surface area contributed by atoms with Crippen molar-refractivity contribution in [3.8, 4) is 0 Å². The van der Waals surface area contributed by atoms with Gasteiger partial charge in [0.2, 0.25) is 5.91 Å². The average Bonchev–Trinajstić information content (AvgIpc) is 2.41. The number of carbonyl (C=O) groups excluding carboxylic acids is 2. The number of amides is 2. The Hall–Kier alpha value is -1.95. The normalized spacial score (nSPS) is 22.3. The average molecular weight is 279 g/mol. The van der Waals surface area contributed by atoms with Gasteiger partial charge < -0.3 is 16.4 Å². The van der Waals surface area contributed by atoms with Crippen LogP contribution < -0.4 is 16.4 Å². The standard InChI is InChI=1S/C14H18FN3O2/c1-8-3-2-6-17-12(8)14(20)18-9-4-5-11(15)10(7-9)13(16)19/h4-5,7-8,12,17H,2-3,6H2,1H3,(H2,16,19)(H,18,20). The number of anilines is 1. The SMILES string of the molecule is CC1CCCNC1C(=O)Nc1ccc(F)c(C(N)=O)c1. The van der Waals surface area contributed by atoms with Crippen LogP contribution in [-0.4, -0.2) is 24.4 Å². The third-order valence-corrected chi connectivity index (χ3v) is 3.55. The first-order valence-electron chi connectivity index (χ1n) is 6.62. The molecule has 1 saturated heterocycles. The fraction of sp³-hybridized carbons (Fsp3) is 0.429. The van der Waals surface area contributed by atoms with Crippen molar-refractivity contribution in [2.45, 2.75) is 25.8 Å². The third kappa shape index (κ3) is 3.14. The van der Waals surface area contributed by atoms with Crippen LogP contribution in [-0.2, 0) is 4.79 Å². The van der Waals surface area contributed by atoms with E-state index in [9.17, 15) is 14.0 Å². The summed E-state index contributed by atoms with van der Waals surface area (Å²) in [7, 11) is 0. The molecule has 0 saturated carbocycles. The molecule has 2 atom stereocenters. The number of carbonyl (C=O) groups is 2. The Morgan fingerprint density at radius 3 is 2.85 bits per heavy atom. The Morgan fingerprint density at radius 2 is 2.20 bits per heavy atom. The predicted molar refractivity (Wildman–Crippen MR) is 73.7 cm³/mol. The molecule has 2 unspecified atom stereocenters. The summed E-state index contributed by atoms with van der Waals surface area (Å²) in [6, 6.07) is 3.51. The van der Waals surface area contributed by atoms with Crippen LogP contribution in [0.25, 0.3) is 0 Å². The molecule has 4 N–H and O–H groups in total. The first-order chi connectivity index (χ1) is 9.49. The maximum absolute atomic E-state index is 13.3. The molecule has 0 radical (unpaired) electrons. The number of nitrogens with two attached hydrogens (primary N) is 1. The summed E-state index contributed by atoms with van der Waals surface area (Å²) in [5, 5.41) is 5.85. The van der Waals surface area contributed by atoms with Crippen molar-refractivity contribution >= 4 is 17.5 Å². The predicted octanol–water partition coefficient (Wildman–Crippen LogP) is 1.25. The lowest BCUT2D eigenvalue weighted by Gasteiger charge is -2.28. The Bertz CT molecular complexity index is 533. The summed E-state index contributed by atoms with van der Waals surface area (Å²) < 4.78 is 13.3. The summed E-state index contributed by atoms with van der Waals surface area (Å²) >= 11 is 0. The molecule has 2 rings (SSSR count). The molecule has 6 heteroatoms. The largest absolute Gasteiger partial charge is 0.366 e. The molecule has 1 fully saturated rings. The minimum atomic E-state index is -0.859. The van der Waals surface area contributed by atoms with Gasteiger partial charge >= 0.3 is 0 Å². The summed E-state index contributed by atoms with van der Waals surface area (Å²) in [6.07, 6.45) is 2.04. The van der Waals surface area contributed by atoms with Crippen LogP contribution in [0.15, 0.2) is 18.2 Å². The van der Waals surface area contributed by atoms with Crippen LogP contribution in [0.4, 0.5) is 10.1 Å². The van der Waals surface area contributed by atoms with E-state index < -0.39 is 11.7 Å². The molecule has 2 amide bonds. The summed E-state index contributed by atoms with van der Waals surface area (Å²) in [5.41, 5.74) is 5.21. The van der Waals surface area contributed by atoms with Crippen molar-refractivity contribution in [3.63, 3.8) is 0 Å². The van der Waals surface area contributed by atoms with Crippen molar-refractivity contribution in [2.24, 2.45) is 11.7 Å². The van der Waals surface area contributed by atoms with E-state index in [4.69, 9.17) is 5.73 Å². The van der Waals surface area contributed by atoms with Gasteiger partial charge in [-0.15, -0.1) is 0 Å². The van der Waals surface area contributed by atoms with Crippen LogP contribution in [0.2, 0.25) is 0 Å². The Kier molecular flexibility index (Phi) is 4.34. The fourth-order valence-electron chi connectivity index (χ4n) is 2.41. The van der Waals surface area contributed by atoms with E-state index in [1.165, 1.54) is 12.1 Å². The smallest absolute Gasteiger partial charge is 0.251 e. The number of halogens is 1. The molecule has 5 nitrogen and oxygen atoms in total. The fourth-order valence-corrected chi connectivity index (χ4v) is 2.41. The number of benzene rings is 1. The first-order valence-corrected chi connectivity index (χ1v) is 6.62. The second kappa shape index (κ2) is 6.00. The van der Waals surface area contributed by atoms with E-state index >= 15 is 0 Å². The molecule has 108 valence electrons. The van der Waals surface area contributed by atoms with Crippen LogP contribution >= 0.6 is 0 Å². The lowest BCUT2D eigenvalue weighted by Crippen LogP contribution is -2.48. The van der Waals surface area contributed by atoms with Gasteiger partial charge in [0.25, 0.3) is 5.91 Å². The van der Waals surface area contributed by atoms with E-state index in [0.29, 0.717) is 5.69 Å². The van der Waals surface area contributed by atoms with E-state index in [1.54, 1.807) is 0 Å². The molecular formula is C14H18FN3O2. The van der Waals surface area contributed by atoms with Crippen LogP contribution in [0.5, 0.6) is 0 Å². The zero-order valence-corrected chi connectivity index (χ0v) is 11.3. The van der Waals surface area contributed by atoms with Crippen molar-refractivity contribution in [1.29, 1.82) is 0 Å². The highest BCUT2D eigenvalue weighted by atomic mass is 19.1. The van der Waals surface area contributed by atoms with E-state index in [0.717, 1.165) is 25.5 Å². The quantitative estimate of drug-likeness (QED) is 0.778. The Labute approximate surface area is 116 Å². The zero-order valence-electron chi connectivity index (χ0n) is 11.3. The molecule has 1 aliphatic heterocycles. The zero-order chi connectivity index (χ0) is 14.7. The van der Waals surface area contributed by atoms with Gasteiger partial charge in [0.1, 0.15) is 5.82 Å². The van der Waals surface area contributed by atoms with Crippen molar-refractivity contribution < 1.29 is 14.0 Å². The molecule has 1 aromatic carbocycles. The molecule has 0 aliphatic carbocycles. The number of nitrogens with one attached hydrogen (secondary N) is 2. The van der Waals surface area contributed by atoms with E-state index in [-0.39, 0.29) is 23.4 Å². The van der Waals surface area contributed by atoms with Crippen molar-refractivity contribution in [2.75, 3.05) is 11.9 Å².